The summed E-state index contributed by atoms with van der Waals surface area (Å²) in [5.74, 6) is 0.377. The first kappa shape index (κ1) is 14.0. The van der Waals surface area contributed by atoms with E-state index in [2.05, 4.69) is 16.7 Å². The van der Waals surface area contributed by atoms with Gasteiger partial charge in [0, 0.05) is 25.6 Å². The number of fused-ring (bicyclic) bond motifs is 1. The Labute approximate surface area is 116 Å². The van der Waals surface area contributed by atoms with E-state index in [1.807, 2.05) is 0 Å². The van der Waals surface area contributed by atoms with Crippen LogP contribution in [0.4, 0.5) is 4.79 Å². The van der Waals surface area contributed by atoms with E-state index in [4.69, 9.17) is 15.2 Å². The number of carbonyl (C=O) groups excluding carboxylic acids is 2. The molecule has 0 spiro atoms. The molecule has 1 aliphatic rings. The van der Waals surface area contributed by atoms with E-state index in [-0.39, 0.29) is 12.6 Å². The van der Waals surface area contributed by atoms with Gasteiger partial charge in [-0.2, -0.15) is 0 Å². The number of rotatable bonds is 3. The molecule has 0 aromatic heterocycles. The van der Waals surface area contributed by atoms with Crippen LogP contribution in [-0.2, 0) is 11.3 Å². The molecule has 1 aromatic carbocycles. The number of amides is 3. The van der Waals surface area contributed by atoms with Crippen molar-refractivity contribution in [1.29, 1.82) is 0 Å². The average Bonchev–Trinajstić information content (AvgIpc) is 2.67. The van der Waals surface area contributed by atoms with E-state index in [0.29, 0.717) is 24.5 Å². The van der Waals surface area contributed by atoms with Gasteiger partial charge in [-0.3, -0.25) is 4.79 Å². The fourth-order valence-corrected chi connectivity index (χ4v) is 1.83. The van der Waals surface area contributed by atoms with Gasteiger partial charge in [0.15, 0.2) is 17.6 Å². The van der Waals surface area contributed by atoms with E-state index >= 15 is 0 Å². The molecule has 7 heteroatoms. The number of nitrogens with two attached hydrogens (primary N) is 1. The minimum absolute atomic E-state index is 0.268. The molecule has 1 atom stereocenters. The third kappa shape index (κ3) is 3.11. The van der Waals surface area contributed by atoms with Crippen molar-refractivity contribution >= 4 is 11.9 Å². The van der Waals surface area contributed by atoms with Gasteiger partial charge in [0.25, 0.3) is 5.91 Å². The number of nitrogens with one attached hydrogen (secondary N) is 2. The van der Waals surface area contributed by atoms with Gasteiger partial charge in [0.05, 0.1) is 6.61 Å². The van der Waals surface area contributed by atoms with Crippen molar-refractivity contribution in [3.8, 4) is 11.5 Å². The van der Waals surface area contributed by atoms with Crippen LogP contribution < -0.4 is 25.8 Å². The highest BCUT2D eigenvalue weighted by molar-refractivity contribution is 5.79. The summed E-state index contributed by atoms with van der Waals surface area (Å²) in [6.07, 6.45) is -0.335. The summed E-state index contributed by atoms with van der Waals surface area (Å²) in [6.45, 7) is 0.585. The molecule has 107 valence electrons. The summed E-state index contributed by atoms with van der Waals surface area (Å²) < 4.78 is 11.1. The summed E-state index contributed by atoms with van der Waals surface area (Å²) in [4.78, 5) is 22.4. The van der Waals surface area contributed by atoms with Crippen LogP contribution >= 0.6 is 0 Å². The number of hydrogen-bond acceptors (Lipinski definition) is 4. The second-order valence-corrected chi connectivity index (χ2v) is 4.25. The number of benzene rings is 1. The monoisotopic (exact) mass is 278 g/mol. The number of primary amides is 1. The lowest BCUT2D eigenvalue weighted by molar-refractivity contribution is -0.124. The van der Waals surface area contributed by atoms with Crippen LogP contribution in [0.15, 0.2) is 12.1 Å². The van der Waals surface area contributed by atoms with Gasteiger partial charge in [0.2, 0.25) is 0 Å². The predicted octanol–water partition coefficient (Wildman–Crippen LogP) is -0.0690. The highest BCUT2D eigenvalue weighted by atomic mass is 16.5. The van der Waals surface area contributed by atoms with Crippen molar-refractivity contribution in [2.24, 2.45) is 5.73 Å². The standard InChI is InChI=1S/C13H16N3O4/c1-15-13(18)16-7-8-3-2-4-9-11(8)19-6-5-10(20-9)12(14)17/h3-4,10H,5-7H2,1H3,(H2,14,17)(H2,15,16,18). The molecule has 7 nitrogen and oxygen atoms in total. The lowest BCUT2D eigenvalue weighted by Gasteiger charge is -2.14. The Bertz CT molecular complexity index is 518. The minimum atomic E-state index is -0.716. The fourth-order valence-electron chi connectivity index (χ4n) is 1.83. The predicted molar refractivity (Wildman–Crippen MR) is 70.3 cm³/mol. The summed E-state index contributed by atoms with van der Waals surface area (Å²) in [6, 6.07) is 5.87. The highest BCUT2D eigenvalue weighted by Gasteiger charge is 2.24. The molecule has 0 aliphatic carbocycles. The molecular weight excluding hydrogens is 262 g/mol. The maximum Gasteiger partial charge on any atom is 0.314 e. The van der Waals surface area contributed by atoms with Crippen LogP contribution in [0.5, 0.6) is 11.5 Å². The molecule has 4 N–H and O–H groups in total. The molecule has 1 radical (unpaired) electrons. The molecule has 2 rings (SSSR count). The second-order valence-electron chi connectivity index (χ2n) is 4.25. The first-order valence-corrected chi connectivity index (χ1v) is 6.19. The lowest BCUT2D eigenvalue weighted by Crippen LogP contribution is -2.33. The Morgan fingerprint density at radius 1 is 1.50 bits per heavy atom. The molecule has 0 bridgehead atoms. The minimum Gasteiger partial charge on any atom is -0.489 e. The average molecular weight is 278 g/mol. The second kappa shape index (κ2) is 6.14. The van der Waals surface area contributed by atoms with Crippen molar-refractivity contribution in [3.05, 3.63) is 23.8 Å². The van der Waals surface area contributed by atoms with Gasteiger partial charge < -0.3 is 25.8 Å². The van der Waals surface area contributed by atoms with Gasteiger partial charge in [-0.05, 0) is 18.2 Å². The first-order chi connectivity index (χ1) is 9.61. The zero-order valence-electron chi connectivity index (χ0n) is 11.1. The van der Waals surface area contributed by atoms with E-state index in [1.54, 1.807) is 12.1 Å². The topological polar surface area (TPSA) is 103 Å². The van der Waals surface area contributed by atoms with Crippen LogP contribution in [-0.4, -0.2) is 31.7 Å². The molecule has 0 saturated heterocycles. The summed E-state index contributed by atoms with van der Waals surface area (Å²) in [5, 5.41) is 5.11. The Kier molecular flexibility index (Phi) is 4.29. The van der Waals surface area contributed by atoms with Crippen LogP contribution in [0.2, 0.25) is 0 Å². The number of ether oxygens (including phenoxy) is 2. The molecule has 0 fully saturated rings. The molecule has 1 unspecified atom stereocenters. The van der Waals surface area contributed by atoms with Crippen molar-refractivity contribution in [2.45, 2.75) is 19.1 Å². The van der Waals surface area contributed by atoms with Gasteiger partial charge >= 0.3 is 6.03 Å². The van der Waals surface area contributed by atoms with Crippen LogP contribution in [0.25, 0.3) is 0 Å². The Balaban J connectivity index is 2.19. The summed E-state index contributed by atoms with van der Waals surface area (Å²) in [5.41, 5.74) is 5.97. The number of hydrogen-bond donors (Lipinski definition) is 3. The molecule has 0 saturated carbocycles. The fraction of sp³-hybridized carbons (Fsp3) is 0.385. The molecule has 1 aliphatic heterocycles. The SMILES string of the molecule is CNC(=O)NCc1c[c]cc2c1OCCC(C(N)=O)O2. The van der Waals surface area contributed by atoms with Crippen molar-refractivity contribution < 1.29 is 19.1 Å². The maximum absolute atomic E-state index is 11.2. The third-order valence-electron chi connectivity index (χ3n) is 2.87. The van der Waals surface area contributed by atoms with Crippen LogP contribution in [0.3, 0.4) is 0 Å². The van der Waals surface area contributed by atoms with Crippen molar-refractivity contribution in [1.82, 2.24) is 10.6 Å². The van der Waals surface area contributed by atoms with Crippen molar-refractivity contribution in [2.75, 3.05) is 13.7 Å². The van der Waals surface area contributed by atoms with Crippen molar-refractivity contribution in [3.63, 3.8) is 0 Å². The van der Waals surface area contributed by atoms with E-state index < -0.39 is 12.0 Å². The Morgan fingerprint density at radius 2 is 2.30 bits per heavy atom. The summed E-state index contributed by atoms with van der Waals surface area (Å²) >= 11 is 0. The zero-order chi connectivity index (χ0) is 14.5. The first-order valence-electron chi connectivity index (χ1n) is 6.19. The largest absolute Gasteiger partial charge is 0.489 e. The van der Waals surface area contributed by atoms with E-state index in [0.717, 1.165) is 5.56 Å². The number of carbonyl (C=O) groups is 2. The summed E-state index contributed by atoms with van der Waals surface area (Å²) in [7, 11) is 1.53. The van der Waals surface area contributed by atoms with E-state index in [1.165, 1.54) is 7.05 Å². The van der Waals surface area contributed by atoms with Crippen LogP contribution in [0, 0.1) is 6.07 Å². The van der Waals surface area contributed by atoms with Gasteiger partial charge in [-0.15, -0.1) is 0 Å². The quantitative estimate of drug-likeness (QED) is 0.720. The lowest BCUT2D eigenvalue weighted by atomic mass is 10.2. The van der Waals surface area contributed by atoms with Gasteiger partial charge in [-0.1, -0.05) is 0 Å². The smallest absolute Gasteiger partial charge is 0.314 e. The molecule has 1 aromatic rings. The maximum atomic E-state index is 11.2. The van der Waals surface area contributed by atoms with Gasteiger partial charge in [0.1, 0.15) is 0 Å². The Hall–Kier alpha value is -2.44. The number of urea groups is 1. The van der Waals surface area contributed by atoms with Crippen LogP contribution in [0.1, 0.15) is 12.0 Å². The highest BCUT2D eigenvalue weighted by Crippen LogP contribution is 2.34. The zero-order valence-corrected chi connectivity index (χ0v) is 11.1. The Morgan fingerprint density at radius 3 is 3.00 bits per heavy atom. The molecule has 1 heterocycles. The molecule has 3 amide bonds. The van der Waals surface area contributed by atoms with E-state index in [9.17, 15) is 9.59 Å². The van der Waals surface area contributed by atoms with Gasteiger partial charge in [-0.25, -0.2) is 4.79 Å². The normalized spacial score (nSPS) is 16.9. The molecule has 20 heavy (non-hydrogen) atoms. The molecular formula is C13H16N3O4. The third-order valence-corrected chi connectivity index (χ3v) is 2.87.